The number of hydrogen-bond donors (Lipinski definition) is 2. The number of anilines is 1. The van der Waals surface area contributed by atoms with Crippen molar-refractivity contribution in [3.63, 3.8) is 0 Å². The number of hydrogen-bond acceptors (Lipinski definition) is 6. The molecule has 0 aromatic heterocycles. The third-order valence-electron chi connectivity index (χ3n) is 4.57. The van der Waals surface area contributed by atoms with E-state index in [0.29, 0.717) is 23.8 Å². The summed E-state index contributed by atoms with van der Waals surface area (Å²) < 4.78 is 11.3. The zero-order valence-corrected chi connectivity index (χ0v) is 18.1. The van der Waals surface area contributed by atoms with Crippen molar-refractivity contribution >= 4 is 23.2 Å². The maximum Gasteiger partial charge on any atom is 0.270 e. The first kappa shape index (κ1) is 23.3. The Morgan fingerprint density at radius 3 is 2.39 bits per heavy atom. The molecule has 1 unspecified atom stereocenters. The monoisotopic (exact) mass is 449 g/mol. The predicted molar refractivity (Wildman–Crippen MR) is 123 cm³/mol. The number of amides is 2. The molecule has 33 heavy (non-hydrogen) atoms. The van der Waals surface area contributed by atoms with Crippen molar-refractivity contribution in [2.24, 2.45) is 0 Å². The van der Waals surface area contributed by atoms with Gasteiger partial charge in [-0.15, -0.1) is 0 Å². The number of nitrogens with zero attached hydrogens (tertiary/aromatic N) is 1. The number of rotatable bonds is 9. The largest absolute Gasteiger partial charge is 0.494 e. The Morgan fingerprint density at radius 2 is 1.70 bits per heavy atom. The molecule has 3 aromatic rings. The van der Waals surface area contributed by atoms with Crippen LogP contribution in [0.5, 0.6) is 17.2 Å². The van der Waals surface area contributed by atoms with Gasteiger partial charge < -0.3 is 20.1 Å². The van der Waals surface area contributed by atoms with Gasteiger partial charge in [0.2, 0.25) is 5.91 Å². The molecular formula is C24H23N3O6. The maximum atomic E-state index is 12.7. The van der Waals surface area contributed by atoms with Gasteiger partial charge in [-0.25, -0.2) is 0 Å². The Kier molecular flexibility index (Phi) is 7.59. The Bertz CT molecular complexity index is 1150. The standard InChI is InChI=1S/C24H23N3O6/c1-3-32-19-11-13-20(14-12-19)33-22-10-5-4-9-21(22)26-23(28)16(2)25-24(29)17-7-6-8-18(15-17)27(30)31/h4-16H,3H2,1-2H3,(H,25,29)(H,26,28). The first-order chi connectivity index (χ1) is 15.9. The first-order valence-electron chi connectivity index (χ1n) is 10.2. The van der Waals surface area contributed by atoms with Gasteiger partial charge in [-0.05, 0) is 56.3 Å². The van der Waals surface area contributed by atoms with E-state index in [2.05, 4.69) is 10.6 Å². The molecule has 9 nitrogen and oxygen atoms in total. The Morgan fingerprint density at radius 1 is 1.00 bits per heavy atom. The summed E-state index contributed by atoms with van der Waals surface area (Å²) >= 11 is 0. The van der Waals surface area contributed by atoms with Crippen molar-refractivity contribution < 1.29 is 24.0 Å². The highest BCUT2D eigenvalue weighted by atomic mass is 16.6. The highest BCUT2D eigenvalue weighted by Gasteiger charge is 2.19. The van der Waals surface area contributed by atoms with Gasteiger partial charge in [0.25, 0.3) is 11.6 Å². The van der Waals surface area contributed by atoms with E-state index in [0.717, 1.165) is 11.8 Å². The van der Waals surface area contributed by atoms with Crippen molar-refractivity contribution in [3.05, 3.63) is 88.5 Å². The smallest absolute Gasteiger partial charge is 0.270 e. The van der Waals surface area contributed by atoms with E-state index in [1.165, 1.54) is 25.1 Å². The van der Waals surface area contributed by atoms with Gasteiger partial charge in [0.05, 0.1) is 17.2 Å². The number of nitro groups is 1. The van der Waals surface area contributed by atoms with Crippen molar-refractivity contribution in [1.29, 1.82) is 0 Å². The second-order valence-corrected chi connectivity index (χ2v) is 6.99. The molecule has 0 aliphatic carbocycles. The molecule has 170 valence electrons. The summed E-state index contributed by atoms with van der Waals surface area (Å²) in [5.74, 6) is 0.635. The van der Waals surface area contributed by atoms with Crippen LogP contribution in [0.15, 0.2) is 72.8 Å². The minimum atomic E-state index is -0.907. The van der Waals surface area contributed by atoms with Crippen LogP contribution < -0.4 is 20.1 Å². The molecule has 0 radical (unpaired) electrons. The molecule has 0 bridgehead atoms. The number of nitro benzene ring substituents is 1. The second kappa shape index (κ2) is 10.8. The zero-order valence-electron chi connectivity index (χ0n) is 18.1. The van der Waals surface area contributed by atoms with Crippen LogP contribution in [-0.2, 0) is 4.79 Å². The van der Waals surface area contributed by atoms with Crippen LogP contribution in [-0.4, -0.2) is 29.4 Å². The van der Waals surface area contributed by atoms with E-state index in [1.54, 1.807) is 48.5 Å². The summed E-state index contributed by atoms with van der Waals surface area (Å²) in [5.41, 5.74) is 0.302. The first-order valence-corrected chi connectivity index (χ1v) is 10.2. The molecule has 0 heterocycles. The number of benzene rings is 3. The number of nitrogens with one attached hydrogen (secondary N) is 2. The molecule has 0 saturated heterocycles. The van der Waals surface area contributed by atoms with Crippen LogP contribution in [0.1, 0.15) is 24.2 Å². The minimum Gasteiger partial charge on any atom is -0.494 e. The van der Waals surface area contributed by atoms with Crippen LogP contribution in [0, 0.1) is 10.1 Å². The van der Waals surface area contributed by atoms with E-state index < -0.39 is 22.8 Å². The van der Waals surface area contributed by atoms with Gasteiger partial charge in [-0.1, -0.05) is 18.2 Å². The van der Waals surface area contributed by atoms with Crippen molar-refractivity contribution in [3.8, 4) is 17.2 Å². The summed E-state index contributed by atoms with van der Waals surface area (Å²) in [6.07, 6.45) is 0. The predicted octanol–water partition coefficient (Wildman–Crippen LogP) is 4.54. The fraction of sp³-hybridized carbons (Fsp3) is 0.167. The maximum absolute atomic E-state index is 12.7. The van der Waals surface area contributed by atoms with E-state index in [4.69, 9.17) is 9.47 Å². The topological polar surface area (TPSA) is 120 Å². The normalized spacial score (nSPS) is 11.2. The van der Waals surface area contributed by atoms with Gasteiger partial charge in [0.15, 0.2) is 5.75 Å². The second-order valence-electron chi connectivity index (χ2n) is 6.99. The average molecular weight is 449 g/mol. The van der Waals surface area contributed by atoms with E-state index >= 15 is 0 Å². The van der Waals surface area contributed by atoms with E-state index in [9.17, 15) is 19.7 Å². The molecule has 0 saturated carbocycles. The van der Waals surface area contributed by atoms with Crippen molar-refractivity contribution in [2.45, 2.75) is 19.9 Å². The number of carbonyl (C=O) groups excluding carboxylic acids is 2. The summed E-state index contributed by atoms with van der Waals surface area (Å²) in [5, 5.41) is 16.2. The third-order valence-corrected chi connectivity index (χ3v) is 4.57. The molecule has 0 spiro atoms. The zero-order chi connectivity index (χ0) is 23.8. The minimum absolute atomic E-state index is 0.0862. The SMILES string of the molecule is CCOc1ccc(Oc2ccccc2NC(=O)C(C)NC(=O)c2cccc([N+](=O)[O-])c2)cc1. The lowest BCUT2D eigenvalue weighted by Gasteiger charge is -2.16. The Labute approximate surface area is 190 Å². The number of carbonyl (C=O) groups is 2. The third kappa shape index (κ3) is 6.30. The number of para-hydroxylation sites is 2. The van der Waals surface area contributed by atoms with Gasteiger partial charge in [0.1, 0.15) is 17.5 Å². The van der Waals surface area contributed by atoms with E-state index in [1.807, 2.05) is 6.92 Å². The van der Waals surface area contributed by atoms with Gasteiger partial charge >= 0.3 is 0 Å². The fourth-order valence-corrected chi connectivity index (χ4v) is 2.90. The molecule has 0 aliphatic rings. The van der Waals surface area contributed by atoms with Crippen LogP contribution in [0.2, 0.25) is 0 Å². The van der Waals surface area contributed by atoms with Crippen molar-refractivity contribution in [1.82, 2.24) is 5.32 Å². The van der Waals surface area contributed by atoms with Crippen LogP contribution >= 0.6 is 0 Å². The summed E-state index contributed by atoms with van der Waals surface area (Å²) in [7, 11) is 0. The molecule has 0 fully saturated rings. The van der Waals surface area contributed by atoms with Crippen LogP contribution in [0.3, 0.4) is 0 Å². The Hall–Kier alpha value is -4.40. The molecule has 0 aliphatic heterocycles. The quantitative estimate of drug-likeness (QED) is 0.365. The molecule has 9 heteroatoms. The lowest BCUT2D eigenvalue weighted by molar-refractivity contribution is -0.384. The lowest BCUT2D eigenvalue weighted by Crippen LogP contribution is -2.41. The van der Waals surface area contributed by atoms with Crippen molar-refractivity contribution in [2.75, 3.05) is 11.9 Å². The molecule has 3 rings (SSSR count). The van der Waals surface area contributed by atoms with Crippen LogP contribution in [0.25, 0.3) is 0 Å². The molecule has 3 aromatic carbocycles. The summed E-state index contributed by atoms with van der Waals surface area (Å²) in [6, 6.07) is 18.4. The summed E-state index contributed by atoms with van der Waals surface area (Å²) in [6.45, 7) is 3.97. The highest BCUT2D eigenvalue weighted by molar-refractivity contribution is 6.01. The van der Waals surface area contributed by atoms with Gasteiger partial charge in [0, 0.05) is 17.7 Å². The number of non-ortho nitro benzene ring substituents is 1. The van der Waals surface area contributed by atoms with Gasteiger partial charge in [-0.2, -0.15) is 0 Å². The molecule has 2 N–H and O–H groups in total. The van der Waals surface area contributed by atoms with E-state index in [-0.39, 0.29) is 11.3 Å². The molecule has 1 atom stereocenters. The van der Waals surface area contributed by atoms with Gasteiger partial charge in [-0.3, -0.25) is 19.7 Å². The van der Waals surface area contributed by atoms with Crippen LogP contribution in [0.4, 0.5) is 11.4 Å². The number of ether oxygens (including phenoxy) is 2. The molecular weight excluding hydrogens is 426 g/mol. The average Bonchev–Trinajstić information content (AvgIpc) is 2.81. The highest BCUT2D eigenvalue weighted by Crippen LogP contribution is 2.30. The summed E-state index contributed by atoms with van der Waals surface area (Å²) in [4.78, 5) is 35.4. The lowest BCUT2D eigenvalue weighted by atomic mass is 10.1. The fourth-order valence-electron chi connectivity index (χ4n) is 2.90. The molecule has 2 amide bonds. The Balaban J connectivity index is 1.65.